The lowest BCUT2D eigenvalue weighted by Crippen LogP contribution is -2.06. The van der Waals surface area contributed by atoms with E-state index in [1.54, 1.807) is 26.3 Å². The molecule has 2 rings (SSSR count). The average molecular weight is 286 g/mol. The number of ether oxygens (including phenoxy) is 2. The molecule has 0 aliphatic heterocycles. The fourth-order valence-corrected chi connectivity index (χ4v) is 1.91. The summed E-state index contributed by atoms with van der Waals surface area (Å²) in [5.41, 5.74) is 2.01. The smallest absolute Gasteiger partial charge is 0.165 e. The van der Waals surface area contributed by atoms with E-state index in [0.717, 1.165) is 22.9 Å². The van der Waals surface area contributed by atoms with Gasteiger partial charge in [0.15, 0.2) is 6.29 Å². The molecule has 110 valence electrons. The summed E-state index contributed by atoms with van der Waals surface area (Å²) in [6.07, 6.45) is 4.20. The van der Waals surface area contributed by atoms with Gasteiger partial charge in [0.2, 0.25) is 0 Å². The van der Waals surface area contributed by atoms with Crippen molar-refractivity contribution in [2.75, 3.05) is 25.6 Å². The van der Waals surface area contributed by atoms with Gasteiger partial charge in [-0.1, -0.05) is 12.1 Å². The second-order valence-electron chi connectivity index (χ2n) is 4.37. The van der Waals surface area contributed by atoms with E-state index >= 15 is 0 Å². The van der Waals surface area contributed by atoms with Crippen molar-refractivity contribution in [1.29, 1.82) is 0 Å². The van der Waals surface area contributed by atoms with Crippen LogP contribution in [0.3, 0.4) is 0 Å². The molecule has 0 spiro atoms. The highest BCUT2D eigenvalue weighted by Gasteiger charge is 2.07. The maximum atomic E-state index is 11.0. The summed E-state index contributed by atoms with van der Waals surface area (Å²) in [6, 6.07) is 7.56. The first-order valence-corrected chi connectivity index (χ1v) is 6.67. The summed E-state index contributed by atoms with van der Waals surface area (Å²) in [5.74, 6) is 0.705. The van der Waals surface area contributed by atoms with Crippen LogP contribution in [0.1, 0.15) is 6.92 Å². The quantitative estimate of drug-likeness (QED) is 0.482. The molecule has 0 atom stereocenters. The number of carbonyl (C=O) groups excluding carboxylic acids is 1. The summed E-state index contributed by atoms with van der Waals surface area (Å²) in [4.78, 5) is 15.3. The maximum absolute atomic E-state index is 11.0. The molecular weight excluding hydrogens is 268 g/mol. The number of methoxy groups -OCH3 is 1. The van der Waals surface area contributed by atoms with Crippen molar-refractivity contribution in [3.63, 3.8) is 0 Å². The van der Waals surface area contributed by atoms with E-state index in [2.05, 4.69) is 10.3 Å². The number of hydrogen-bond donors (Lipinski definition) is 1. The predicted molar refractivity (Wildman–Crippen MR) is 82.6 cm³/mol. The van der Waals surface area contributed by atoms with E-state index in [0.29, 0.717) is 24.7 Å². The number of anilines is 1. The van der Waals surface area contributed by atoms with Crippen LogP contribution < -0.4 is 10.1 Å². The molecule has 5 heteroatoms. The van der Waals surface area contributed by atoms with Crippen LogP contribution in [-0.4, -0.2) is 31.6 Å². The second kappa shape index (κ2) is 7.40. The predicted octanol–water partition coefficient (Wildman–Crippen LogP) is 2.77. The topological polar surface area (TPSA) is 60.5 Å². The molecule has 0 bridgehead atoms. The van der Waals surface area contributed by atoms with Gasteiger partial charge in [0.05, 0.1) is 23.5 Å². The normalized spacial score (nSPS) is 11.4. The number of nitrogens with zero attached hydrogens (tertiary/aromatic N) is 1. The van der Waals surface area contributed by atoms with Crippen LogP contribution in [0.15, 0.2) is 42.2 Å². The highest BCUT2D eigenvalue weighted by molar-refractivity contribution is 5.94. The van der Waals surface area contributed by atoms with Crippen LogP contribution in [0, 0.1) is 0 Å². The molecule has 0 radical (unpaired) electrons. The molecule has 0 aliphatic rings. The number of aromatic nitrogens is 1. The third kappa shape index (κ3) is 3.79. The summed E-state index contributed by atoms with van der Waals surface area (Å²) in [7, 11) is 1.63. The Hall–Kier alpha value is -2.40. The van der Waals surface area contributed by atoms with Crippen LogP contribution in [0.4, 0.5) is 5.69 Å². The molecular formula is C16H18N2O3. The molecule has 5 nitrogen and oxygen atoms in total. The number of aldehydes is 1. The Labute approximate surface area is 123 Å². The van der Waals surface area contributed by atoms with Gasteiger partial charge in [-0.15, -0.1) is 0 Å². The van der Waals surface area contributed by atoms with E-state index in [4.69, 9.17) is 9.47 Å². The van der Waals surface area contributed by atoms with Gasteiger partial charge in [-0.3, -0.25) is 9.78 Å². The molecule has 0 unspecified atom stereocenters. The monoisotopic (exact) mass is 286 g/mol. The molecule has 0 aliphatic carbocycles. The van der Waals surface area contributed by atoms with E-state index in [-0.39, 0.29) is 0 Å². The third-order valence-electron chi connectivity index (χ3n) is 2.95. The number of rotatable bonds is 7. The zero-order valence-corrected chi connectivity index (χ0v) is 12.1. The van der Waals surface area contributed by atoms with Crippen molar-refractivity contribution in [2.45, 2.75) is 6.92 Å². The fourth-order valence-electron chi connectivity index (χ4n) is 1.91. The zero-order chi connectivity index (χ0) is 15.1. The Morgan fingerprint density at radius 3 is 2.95 bits per heavy atom. The number of fused-ring (bicyclic) bond motifs is 1. The molecule has 1 heterocycles. The number of benzene rings is 1. The van der Waals surface area contributed by atoms with E-state index in [1.165, 1.54) is 0 Å². The van der Waals surface area contributed by atoms with Crippen LogP contribution in [-0.2, 0) is 9.53 Å². The molecule has 2 aromatic rings. The summed E-state index contributed by atoms with van der Waals surface area (Å²) in [5, 5.41) is 4.01. The van der Waals surface area contributed by atoms with Crippen molar-refractivity contribution in [3.8, 4) is 5.75 Å². The Balaban J connectivity index is 2.37. The van der Waals surface area contributed by atoms with Gasteiger partial charge in [0.1, 0.15) is 12.4 Å². The second-order valence-corrected chi connectivity index (χ2v) is 4.37. The molecule has 0 saturated heterocycles. The van der Waals surface area contributed by atoms with Gasteiger partial charge in [-0.05, 0) is 19.1 Å². The molecule has 1 aromatic carbocycles. The SMILES string of the molecule is C/C=C(/C=O)Nc1cc(OCCOC)cc2cccnc12. The minimum absolute atomic E-state index is 0.464. The molecule has 21 heavy (non-hydrogen) atoms. The molecule has 1 N–H and O–H groups in total. The van der Waals surface area contributed by atoms with Gasteiger partial charge in [-0.2, -0.15) is 0 Å². The summed E-state index contributed by atoms with van der Waals surface area (Å²) >= 11 is 0. The Morgan fingerprint density at radius 1 is 1.38 bits per heavy atom. The van der Waals surface area contributed by atoms with Crippen LogP contribution in [0.5, 0.6) is 5.75 Å². The zero-order valence-electron chi connectivity index (χ0n) is 12.1. The van der Waals surface area contributed by atoms with Crippen molar-refractivity contribution >= 4 is 22.9 Å². The summed E-state index contributed by atoms with van der Waals surface area (Å²) in [6.45, 7) is 2.78. The van der Waals surface area contributed by atoms with Gasteiger partial charge in [-0.25, -0.2) is 0 Å². The van der Waals surface area contributed by atoms with Crippen molar-refractivity contribution in [2.24, 2.45) is 0 Å². The molecule has 1 aromatic heterocycles. The van der Waals surface area contributed by atoms with E-state index in [9.17, 15) is 4.79 Å². The van der Waals surface area contributed by atoms with Crippen LogP contribution in [0.25, 0.3) is 10.9 Å². The van der Waals surface area contributed by atoms with Gasteiger partial charge >= 0.3 is 0 Å². The van der Waals surface area contributed by atoms with Crippen molar-refractivity contribution < 1.29 is 14.3 Å². The number of allylic oxidation sites excluding steroid dienone is 2. The lowest BCUT2D eigenvalue weighted by molar-refractivity contribution is -0.104. The lowest BCUT2D eigenvalue weighted by Gasteiger charge is -2.12. The van der Waals surface area contributed by atoms with Gasteiger partial charge in [0, 0.05) is 24.8 Å². The van der Waals surface area contributed by atoms with Crippen LogP contribution >= 0.6 is 0 Å². The highest BCUT2D eigenvalue weighted by Crippen LogP contribution is 2.28. The first-order valence-electron chi connectivity index (χ1n) is 6.67. The van der Waals surface area contributed by atoms with Crippen molar-refractivity contribution in [1.82, 2.24) is 4.98 Å². The summed E-state index contributed by atoms with van der Waals surface area (Å²) < 4.78 is 10.6. The van der Waals surface area contributed by atoms with E-state index in [1.807, 2.05) is 24.3 Å². The average Bonchev–Trinajstić information content (AvgIpc) is 2.52. The van der Waals surface area contributed by atoms with E-state index < -0.39 is 0 Å². The fraction of sp³-hybridized carbons (Fsp3) is 0.250. The standard InChI is InChI=1S/C16H18N2O3/c1-3-13(11-19)18-15-10-14(21-8-7-20-2)9-12-5-4-6-17-16(12)15/h3-6,9-11,18H,7-8H2,1-2H3/b13-3-. The third-order valence-corrected chi connectivity index (χ3v) is 2.95. The first kappa shape index (κ1) is 15.0. The molecule has 0 fully saturated rings. The molecule has 0 amide bonds. The number of carbonyl (C=O) groups is 1. The number of hydrogen-bond acceptors (Lipinski definition) is 5. The number of nitrogens with one attached hydrogen (secondary N) is 1. The lowest BCUT2D eigenvalue weighted by atomic mass is 10.1. The first-order chi connectivity index (χ1) is 10.3. The Morgan fingerprint density at radius 2 is 2.24 bits per heavy atom. The van der Waals surface area contributed by atoms with Crippen molar-refractivity contribution in [3.05, 3.63) is 42.2 Å². The minimum Gasteiger partial charge on any atom is -0.491 e. The molecule has 0 saturated carbocycles. The Bertz CT molecular complexity index is 653. The van der Waals surface area contributed by atoms with Gasteiger partial charge in [0.25, 0.3) is 0 Å². The highest BCUT2D eigenvalue weighted by atomic mass is 16.5. The van der Waals surface area contributed by atoms with Gasteiger partial charge < -0.3 is 14.8 Å². The van der Waals surface area contributed by atoms with Crippen LogP contribution in [0.2, 0.25) is 0 Å². The maximum Gasteiger partial charge on any atom is 0.165 e. The Kier molecular flexibility index (Phi) is 5.29. The number of pyridine rings is 1. The largest absolute Gasteiger partial charge is 0.491 e. The minimum atomic E-state index is 0.464.